The fourth-order valence-electron chi connectivity index (χ4n) is 2.81. The highest BCUT2D eigenvalue weighted by Crippen LogP contribution is 2.27. The number of anilines is 1. The molecule has 1 saturated heterocycles. The summed E-state index contributed by atoms with van der Waals surface area (Å²) >= 11 is 0. The SMILES string of the molecule is CC(C)Oc1ccc(N2C[C@@H](C(=O)NCc3n[nH]c(=O)[nH]3)CC2=O)cc1. The van der Waals surface area contributed by atoms with Crippen molar-refractivity contribution in [1.29, 1.82) is 0 Å². The van der Waals surface area contributed by atoms with Gasteiger partial charge in [0.05, 0.1) is 18.6 Å². The highest BCUT2D eigenvalue weighted by molar-refractivity contribution is 6.00. The van der Waals surface area contributed by atoms with Crippen molar-refractivity contribution < 1.29 is 14.3 Å². The highest BCUT2D eigenvalue weighted by Gasteiger charge is 2.35. The van der Waals surface area contributed by atoms with Gasteiger partial charge in [-0.1, -0.05) is 0 Å². The van der Waals surface area contributed by atoms with E-state index < -0.39 is 11.6 Å². The highest BCUT2D eigenvalue weighted by atomic mass is 16.5. The third kappa shape index (κ3) is 4.11. The number of benzene rings is 1. The summed E-state index contributed by atoms with van der Waals surface area (Å²) in [4.78, 5) is 39.6. The lowest BCUT2D eigenvalue weighted by atomic mass is 10.1. The summed E-state index contributed by atoms with van der Waals surface area (Å²) in [5, 5.41) is 8.64. The Bertz CT molecular complexity index is 839. The number of aromatic nitrogens is 3. The van der Waals surface area contributed by atoms with Crippen molar-refractivity contribution in [1.82, 2.24) is 20.5 Å². The van der Waals surface area contributed by atoms with Crippen LogP contribution in [0.15, 0.2) is 29.1 Å². The minimum Gasteiger partial charge on any atom is -0.491 e. The monoisotopic (exact) mass is 359 g/mol. The van der Waals surface area contributed by atoms with Crippen molar-refractivity contribution in [3.05, 3.63) is 40.6 Å². The molecule has 0 radical (unpaired) electrons. The Kier molecular flexibility index (Phi) is 5.06. The molecule has 2 aromatic rings. The Morgan fingerprint density at radius 3 is 2.69 bits per heavy atom. The lowest BCUT2D eigenvalue weighted by Crippen LogP contribution is -2.33. The third-order valence-corrected chi connectivity index (χ3v) is 4.00. The molecular formula is C17H21N5O4. The molecule has 1 fully saturated rings. The molecule has 1 aromatic carbocycles. The lowest BCUT2D eigenvalue weighted by Gasteiger charge is -2.17. The van der Waals surface area contributed by atoms with E-state index in [0.717, 1.165) is 11.4 Å². The van der Waals surface area contributed by atoms with Crippen molar-refractivity contribution >= 4 is 17.5 Å². The standard InChI is InChI=1S/C17H21N5O4/c1-10(2)26-13-5-3-12(4-6-13)22-9-11(7-15(22)23)16(24)18-8-14-19-17(25)21-20-14/h3-6,10-11H,7-9H2,1-2H3,(H,18,24)(H2,19,20,21,25)/t11-/m0/s1. The summed E-state index contributed by atoms with van der Waals surface area (Å²) in [6.45, 7) is 4.30. The van der Waals surface area contributed by atoms with Gasteiger partial charge in [0, 0.05) is 18.7 Å². The quantitative estimate of drug-likeness (QED) is 0.696. The number of nitrogens with zero attached hydrogens (tertiary/aromatic N) is 2. The zero-order chi connectivity index (χ0) is 18.7. The second-order valence-corrected chi connectivity index (χ2v) is 6.41. The molecule has 3 N–H and O–H groups in total. The van der Waals surface area contributed by atoms with E-state index in [1.54, 1.807) is 4.90 Å². The largest absolute Gasteiger partial charge is 0.491 e. The van der Waals surface area contributed by atoms with Crippen LogP contribution in [0.4, 0.5) is 5.69 Å². The van der Waals surface area contributed by atoms with Gasteiger partial charge >= 0.3 is 5.69 Å². The predicted octanol–water partition coefficient (Wildman–Crippen LogP) is 0.555. The molecule has 0 bridgehead atoms. The van der Waals surface area contributed by atoms with Crippen LogP contribution in [-0.2, 0) is 16.1 Å². The van der Waals surface area contributed by atoms with Crippen LogP contribution >= 0.6 is 0 Å². The molecule has 2 heterocycles. The first-order valence-corrected chi connectivity index (χ1v) is 8.40. The minimum atomic E-state index is -0.445. The Morgan fingerprint density at radius 2 is 2.08 bits per heavy atom. The fourth-order valence-corrected chi connectivity index (χ4v) is 2.81. The minimum absolute atomic E-state index is 0.0757. The van der Waals surface area contributed by atoms with Crippen LogP contribution in [0.5, 0.6) is 5.75 Å². The van der Waals surface area contributed by atoms with Gasteiger partial charge in [-0.3, -0.25) is 14.6 Å². The summed E-state index contributed by atoms with van der Waals surface area (Å²) in [5.74, 6) is 0.281. The second kappa shape index (κ2) is 7.42. The second-order valence-electron chi connectivity index (χ2n) is 6.41. The van der Waals surface area contributed by atoms with E-state index in [0.29, 0.717) is 12.4 Å². The molecule has 1 aromatic heterocycles. The van der Waals surface area contributed by atoms with Crippen molar-refractivity contribution in [3.8, 4) is 5.75 Å². The number of rotatable bonds is 6. The Balaban J connectivity index is 1.59. The molecule has 0 spiro atoms. The first-order valence-electron chi connectivity index (χ1n) is 8.40. The smallest absolute Gasteiger partial charge is 0.340 e. The first kappa shape index (κ1) is 17.7. The first-order chi connectivity index (χ1) is 12.4. The Hall–Kier alpha value is -3.10. The van der Waals surface area contributed by atoms with Crippen LogP contribution in [-0.4, -0.2) is 39.6 Å². The number of carbonyl (C=O) groups excluding carboxylic acids is 2. The molecule has 138 valence electrons. The Labute approximate surface area is 149 Å². The van der Waals surface area contributed by atoms with Crippen LogP contribution < -0.4 is 20.6 Å². The van der Waals surface area contributed by atoms with Gasteiger partial charge < -0.3 is 15.0 Å². The maximum atomic E-state index is 12.3. The van der Waals surface area contributed by atoms with E-state index in [1.807, 2.05) is 38.1 Å². The number of amides is 2. The van der Waals surface area contributed by atoms with Crippen molar-refractivity contribution in [2.45, 2.75) is 32.9 Å². The zero-order valence-corrected chi connectivity index (χ0v) is 14.6. The van der Waals surface area contributed by atoms with Gasteiger partial charge in [-0.05, 0) is 38.1 Å². The maximum Gasteiger partial charge on any atom is 0.340 e. The third-order valence-electron chi connectivity index (χ3n) is 4.00. The average molecular weight is 359 g/mol. The number of carbonyl (C=O) groups is 2. The van der Waals surface area contributed by atoms with Gasteiger partial charge in [0.25, 0.3) is 0 Å². The maximum absolute atomic E-state index is 12.3. The number of nitrogens with one attached hydrogen (secondary N) is 3. The van der Waals surface area contributed by atoms with Gasteiger partial charge in [0.15, 0.2) is 0 Å². The molecule has 0 aliphatic carbocycles. The predicted molar refractivity (Wildman–Crippen MR) is 93.7 cm³/mol. The molecule has 26 heavy (non-hydrogen) atoms. The molecule has 9 heteroatoms. The summed E-state index contributed by atoms with van der Waals surface area (Å²) in [6, 6.07) is 7.24. The summed E-state index contributed by atoms with van der Waals surface area (Å²) in [7, 11) is 0. The van der Waals surface area contributed by atoms with Crippen molar-refractivity contribution in [2.24, 2.45) is 5.92 Å². The summed E-state index contributed by atoms with van der Waals surface area (Å²) < 4.78 is 5.59. The number of hydrogen-bond acceptors (Lipinski definition) is 5. The zero-order valence-electron chi connectivity index (χ0n) is 14.6. The molecule has 1 aliphatic rings. The van der Waals surface area contributed by atoms with Crippen molar-refractivity contribution in [3.63, 3.8) is 0 Å². The van der Waals surface area contributed by atoms with E-state index >= 15 is 0 Å². The summed E-state index contributed by atoms with van der Waals surface area (Å²) in [5.41, 5.74) is 0.305. The fraction of sp³-hybridized carbons (Fsp3) is 0.412. The topological polar surface area (TPSA) is 120 Å². The molecule has 0 unspecified atom stereocenters. The van der Waals surface area contributed by atoms with Crippen LogP contribution in [0.1, 0.15) is 26.1 Å². The molecular weight excluding hydrogens is 338 g/mol. The van der Waals surface area contributed by atoms with E-state index in [-0.39, 0.29) is 30.9 Å². The lowest BCUT2D eigenvalue weighted by molar-refractivity contribution is -0.126. The summed E-state index contributed by atoms with van der Waals surface area (Å²) in [6.07, 6.45) is 0.222. The number of ether oxygens (including phenoxy) is 1. The molecule has 2 amide bonds. The van der Waals surface area contributed by atoms with Gasteiger partial charge in [0.1, 0.15) is 11.6 Å². The van der Waals surface area contributed by atoms with Crippen LogP contribution in [0, 0.1) is 5.92 Å². The normalized spacial score (nSPS) is 17.0. The van der Waals surface area contributed by atoms with Crippen LogP contribution in [0.3, 0.4) is 0 Å². The van der Waals surface area contributed by atoms with E-state index in [2.05, 4.69) is 20.5 Å². The van der Waals surface area contributed by atoms with Gasteiger partial charge in [-0.2, -0.15) is 5.10 Å². The van der Waals surface area contributed by atoms with E-state index in [9.17, 15) is 14.4 Å². The van der Waals surface area contributed by atoms with E-state index in [4.69, 9.17) is 4.74 Å². The van der Waals surface area contributed by atoms with Gasteiger partial charge in [-0.15, -0.1) is 0 Å². The van der Waals surface area contributed by atoms with Crippen LogP contribution in [0.25, 0.3) is 0 Å². The number of aromatic amines is 2. The number of H-pyrrole nitrogens is 2. The van der Waals surface area contributed by atoms with Gasteiger partial charge in [-0.25, -0.2) is 9.89 Å². The van der Waals surface area contributed by atoms with Crippen molar-refractivity contribution in [2.75, 3.05) is 11.4 Å². The van der Waals surface area contributed by atoms with Gasteiger partial charge in [0.2, 0.25) is 11.8 Å². The molecule has 3 rings (SSSR count). The van der Waals surface area contributed by atoms with Crippen LogP contribution in [0.2, 0.25) is 0 Å². The number of hydrogen-bond donors (Lipinski definition) is 3. The van der Waals surface area contributed by atoms with E-state index in [1.165, 1.54) is 0 Å². The average Bonchev–Trinajstić information content (AvgIpc) is 3.19. The molecule has 1 aliphatic heterocycles. The molecule has 9 nitrogen and oxygen atoms in total. The molecule has 0 saturated carbocycles. The Morgan fingerprint density at radius 1 is 1.35 bits per heavy atom. The molecule has 1 atom stereocenters.